The Kier molecular flexibility index (Phi) is 6.69. The van der Waals surface area contributed by atoms with E-state index in [0.29, 0.717) is 29.2 Å². The second-order valence-electron chi connectivity index (χ2n) is 6.47. The Bertz CT molecular complexity index is 1180. The molecule has 0 aliphatic rings. The van der Waals surface area contributed by atoms with E-state index in [-0.39, 0.29) is 11.7 Å². The van der Waals surface area contributed by atoms with Crippen LogP contribution in [0.1, 0.15) is 12.5 Å². The van der Waals surface area contributed by atoms with E-state index in [1.807, 2.05) is 54.6 Å². The van der Waals surface area contributed by atoms with Gasteiger partial charge in [-0.1, -0.05) is 35.5 Å². The average Bonchev–Trinajstić information content (AvgIpc) is 3.21. The third-order valence-corrected chi connectivity index (χ3v) is 5.38. The fourth-order valence-corrected chi connectivity index (χ4v) is 3.59. The zero-order valence-electron chi connectivity index (χ0n) is 16.7. The van der Waals surface area contributed by atoms with Crippen LogP contribution in [0.5, 0.6) is 5.75 Å². The van der Waals surface area contributed by atoms with Gasteiger partial charge in [-0.2, -0.15) is 9.50 Å². The maximum Gasteiger partial charge on any atom is 0.316 e. The van der Waals surface area contributed by atoms with Gasteiger partial charge in [0.2, 0.25) is 5.16 Å². The predicted octanol–water partition coefficient (Wildman–Crippen LogP) is 4.68. The molecule has 2 aromatic carbocycles. The van der Waals surface area contributed by atoms with Crippen LogP contribution in [0.15, 0.2) is 66.0 Å². The Morgan fingerprint density at radius 3 is 2.61 bits per heavy atom. The first-order valence-electron chi connectivity index (χ1n) is 9.60. The van der Waals surface area contributed by atoms with E-state index < -0.39 is 0 Å². The van der Waals surface area contributed by atoms with Crippen molar-refractivity contribution < 1.29 is 14.3 Å². The number of hydrogen-bond acceptors (Lipinski definition) is 7. The monoisotopic (exact) mass is 454 g/mol. The Balaban J connectivity index is 1.47. The third kappa shape index (κ3) is 5.34. The molecule has 0 aliphatic carbocycles. The third-order valence-electron chi connectivity index (χ3n) is 4.31. The zero-order chi connectivity index (χ0) is 21.6. The largest absolute Gasteiger partial charge is 0.489 e. The number of esters is 1. The number of benzene rings is 2. The highest BCUT2D eigenvalue weighted by Crippen LogP contribution is 2.24. The molecule has 31 heavy (non-hydrogen) atoms. The number of nitrogens with zero attached hydrogens (tertiary/aromatic N) is 4. The summed E-state index contributed by atoms with van der Waals surface area (Å²) in [6.45, 7) is 2.58. The number of thioether (sulfide) groups is 1. The number of carbonyl (C=O) groups is 1. The maximum absolute atomic E-state index is 11.6. The lowest BCUT2D eigenvalue weighted by atomic mass is 10.1. The van der Waals surface area contributed by atoms with Crippen LogP contribution in [-0.4, -0.2) is 37.9 Å². The molecule has 0 aliphatic heterocycles. The minimum absolute atomic E-state index is 0.152. The number of rotatable bonds is 8. The highest BCUT2D eigenvalue weighted by Gasteiger charge is 2.12. The smallest absolute Gasteiger partial charge is 0.316 e. The van der Waals surface area contributed by atoms with E-state index in [1.54, 1.807) is 17.6 Å². The lowest BCUT2D eigenvalue weighted by Gasteiger charge is -2.08. The Morgan fingerprint density at radius 1 is 1.10 bits per heavy atom. The van der Waals surface area contributed by atoms with Crippen LogP contribution in [0.4, 0.5) is 0 Å². The summed E-state index contributed by atoms with van der Waals surface area (Å²) < 4.78 is 12.5. The molecule has 2 aromatic heterocycles. The molecule has 0 radical (unpaired) electrons. The van der Waals surface area contributed by atoms with Crippen molar-refractivity contribution in [3.05, 3.63) is 71.4 Å². The molecule has 4 aromatic rings. The van der Waals surface area contributed by atoms with Gasteiger partial charge in [-0.3, -0.25) is 4.79 Å². The van der Waals surface area contributed by atoms with Gasteiger partial charge in [-0.05, 0) is 55.0 Å². The quantitative estimate of drug-likeness (QED) is 0.282. The number of aromatic nitrogens is 4. The van der Waals surface area contributed by atoms with Gasteiger partial charge in [0.25, 0.3) is 5.78 Å². The minimum Gasteiger partial charge on any atom is -0.489 e. The highest BCUT2D eigenvalue weighted by atomic mass is 35.5. The Labute approximate surface area is 188 Å². The SMILES string of the molecule is CCOC(=O)CSc1nc2nccc(-c3ccc(OCc4ccc(Cl)cc4)cc3)n2n1. The number of ether oxygens (including phenoxy) is 2. The molecule has 9 heteroatoms. The van der Waals surface area contributed by atoms with Gasteiger partial charge in [0.15, 0.2) is 0 Å². The topological polar surface area (TPSA) is 78.6 Å². The van der Waals surface area contributed by atoms with E-state index in [1.165, 1.54) is 11.8 Å². The molecule has 0 saturated heterocycles. The van der Waals surface area contributed by atoms with E-state index in [0.717, 1.165) is 22.6 Å². The molecule has 2 heterocycles. The Morgan fingerprint density at radius 2 is 1.87 bits per heavy atom. The molecule has 0 unspecified atom stereocenters. The van der Waals surface area contributed by atoms with Crippen molar-refractivity contribution >= 4 is 35.1 Å². The van der Waals surface area contributed by atoms with E-state index in [9.17, 15) is 4.79 Å². The van der Waals surface area contributed by atoms with Crippen molar-refractivity contribution in [1.82, 2.24) is 19.6 Å². The molecule has 0 saturated carbocycles. The van der Waals surface area contributed by atoms with Crippen molar-refractivity contribution in [3.8, 4) is 17.0 Å². The lowest BCUT2D eigenvalue weighted by Crippen LogP contribution is -2.06. The first-order chi connectivity index (χ1) is 15.1. The van der Waals surface area contributed by atoms with Crippen LogP contribution in [0.2, 0.25) is 5.02 Å². The van der Waals surface area contributed by atoms with Gasteiger partial charge in [-0.15, -0.1) is 5.10 Å². The second kappa shape index (κ2) is 9.80. The van der Waals surface area contributed by atoms with Crippen LogP contribution in [0.25, 0.3) is 17.0 Å². The van der Waals surface area contributed by atoms with Crippen LogP contribution in [-0.2, 0) is 16.1 Å². The summed E-state index contributed by atoms with van der Waals surface area (Å²) in [7, 11) is 0. The number of fused-ring (bicyclic) bond motifs is 1. The number of halogens is 1. The molecule has 0 amide bonds. The molecular weight excluding hydrogens is 436 g/mol. The van der Waals surface area contributed by atoms with Crippen molar-refractivity contribution in [1.29, 1.82) is 0 Å². The van der Waals surface area contributed by atoms with Gasteiger partial charge in [0, 0.05) is 16.8 Å². The Hall–Kier alpha value is -3.10. The number of carbonyl (C=O) groups excluding carboxylic acids is 1. The predicted molar refractivity (Wildman–Crippen MR) is 119 cm³/mol. The summed E-state index contributed by atoms with van der Waals surface area (Å²) >= 11 is 7.13. The van der Waals surface area contributed by atoms with Crippen molar-refractivity contribution in [2.75, 3.05) is 12.4 Å². The standard InChI is InChI=1S/C22H19ClN4O3S/c1-2-29-20(28)14-31-22-25-21-24-12-11-19(27(21)26-22)16-5-9-18(10-6-16)30-13-15-3-7-17(23)8-4-15/h3-12H,2,13-14H2,1H3. The summed E-state index contributed by atoms with van der Waals surface area (Å²) in [6, 6.07) is 17.2. The highest BCUT2D eigenvalue weighted by molar-refractivity contribution is 7.99. The molecular formula is C22H19ClN4O3S. The van der Waals surface area contributed by atoms with Gasteiger partial charge in [0.05, 0.1) is 18.1 Å². The molecule has 0 atom stereocenters. The molecule has 0 fully saturated rings. The fraction of sp³-hybridized carbons (Fsp3) is 0.182. The molecule has 7 nitrogen and oxygen atoms in total. The maximum atomic E-state index is 11.6. The average molecular weight is 455 g/mol. The van der Waals surface area contributed by atoms with E-state index >= 15 is 0 Å². The molecule has 0 spiro atoms. The van der Waals surface area contributed by atoms with Crippen molar-refractivity contribution in [3.63, 3.8) is 0 Å². The normalized spacial score (nSPS) is 10.9. The minimum atomic E-state index is -0.297. The first-order valence-corrected chi connectivity index (χ1v) is 11.0. The van der Waals surface area contributed by atoms with Crippen LogP contribution < -0.4 is 4.74 Å². The molecule has 0 bridgehead atoms. The van der Waals surface area contributed by atoms with Gasteiger partial charge in [-0.25, -0.2) is 4.98 Å². The van der Waals surface area contributed by atoms with Crippen LogP contribution >= 0.6 is 23.4 Å². The fourth-order valence-electron chi connectivity index (χ4n) is 2.85. The molecule has 158 valence electrons. The summed E-state index contributed by atoms with van der Waals surface area (Å²) in [4.78, 5) is 20.2. The summed E-state index contributed by atoms with van der Waals surface area (Å²) in [5, 5.41) is 5.65. The zero-order valence-corrected chi connectivity index (χ0v) is 18.3. The first kappa shape index (κ1) is 21.1. The molecule has 4 rings (SSSR count). The lowest BCUT2D eigenvalue weighted by molar-refractivity contribution is -0.139. The van der Waals surface area contributed by atoms with Crippen LogP contribution in [0, 0.1) is 0 Å². The van der Waals surface area contributed by atoms with Crippen molar-refractivity contribution in [2.45, 2.75) is 18.7 Å². The van der Waals surface area contributed by atoms with Crippen LogP contribution in [0.3, 0.4) is 0 Å². The molecule has 0 N–H and O–H groups in total. The summed E-state index contributed by atoms with van der Waals surface area (Å²) in [5.41, 5.74) is 2.82. The van der Waals surface area contributed by atoms with E-state index in [2.05, 4.69) is 15.1 Å². The van der Waals surface area contributed by atoms with Gasteiger partial charge in [0.1, 0.15) is 12.4 Å². The van der Waals surface area contributed by atoms with E-state index in [4.69, 9.17) is 21.1 Å². The summed E-state index contributed by atoms with van der Waals surface area (Å²) in [6.07, 6.45) is 1.68. The number of hydrogen-bond donors (Lipinski definition) is 0. The van der Waals surface area contributed by atoms with Crippen molar-refractivity contribution in [2.24, 2.45) is 0 Å². The van der Waals surface area contributed by atoms with Gasteiger partial charge >= 0.3 is 5.97 Å². The summed E-state index contributed by atoms with van der Waals surface area (Å²) in [5.74, 6) is 1.08. The van der Waals surface area contributed by atoms with Gasteiger partial charge < -0.3 is 9.47 Å². The second-order valence-corrected chi connectivity index (χ2v) is 7.85.